The van der Waals surface area contributed by atoms with Crippen molar-refractivity contribution in [2.24, 2.45) is 0 Å². The average molecular weight is 196 g/mol. The molecule has 0 saturated heterocycles. The molecule has 1 aliphatic rings. The van der Waals surface area contributed by atoms with Gasteiger partial charge in [-0.05, 0) is 0 Å². The minimum atomic E-state index is 0. The van der Waals surface area contributed by atoms with Gasteiger partial charge in [0.15, 0.2) is 0 Å². The van der Waals surface area contributed by atoms with Gasteiger partial charge in [-0.15, -0.1) is 0 Å². The summed E-state index contributed by atoms with van der Waals surface area (Å²) in [5.74, 6) is 0.0625. The van der Waals surface area contributed by atoms with Gasteiger partial charge in [-0.1, -0.05) is 13.3 Å². The van der Waals surface area contributed by atoms with E-state index in [0.717, 1.165) is 11.1 Å². The smallest absolute Gasteiger partial charge is 0.318 e. The van der Waals surface area contributed by atoms with Crippen LogP contribution in [0.3, 0.4) is 0 Å². The Kier molecular flexibility index (Phi) is 3.53. The van der Waals surface area contributed by atoms with Crippen LogP contribution in [0.4, 0.5) is 0 Å². The molecule has 0 aromatic heterocycles. The molecule has 1 rings (SSSR count). The maximum atomic E-state index is 10.5. The SMILES string of the molecule is C=C1CC(=O)[C-]=C1C.[Y+3]. The molecule has 2 heteroatoms. The molecule has 0 heterocycles. The summed E-state index contributed by atoms with van der Waals surface area (Å²) in [5.41, 5.74) is 1.82. The second-order valence-corrected chi connectivity index (χ2v) is 1.95. The van der Waals surface area contributed by atoms with Gasteiger partial charge in [-0.25, -0.2) is 11.6 Å². The topological polar surface area (TPSA) is 17.1 Å². The zero-order valence-electron chi connectivity index (χ0n) is 5.40. The molecular weight excluding hydrogens is 189 g/mol. The molecule has 0 fully saturated rings. The molecule has 0 atom stereocenters. The van der Waals surface area contributed by atoms with E-state index >= 15 is 0 Å². The summed E-state index contributed by atoms with van der Waals surface area (Å²) in [7, 11) is 0. The van der Waals surface area contributed by atoms with E-state index in [1.807, 2.05) is 6.92 Å². The molecule has 0 aromatic carbocycles. The zero-order valence-corrected chi connectivity index (χ0v) is 8.24. The number of carbonyl (C=O) groups is 1. The molecule has 0 amide bonds. The van der Waals surface area contributed by atoms with Gasteiger partial charge >= 0.3 is 32.7 Å². The summed E-state index contributed by atoms with van der Waals surface area (Å²) in [6.45, 7) is 5.52. The largest absolute Gasteiger partial charge is 3.00 e. The first-order valence-electron chi connectivity index (χ1n) is 2.51. The monoisotopic (exact) mass is 196 g/mol. The van der Waals surface area contributed by atoms with E-state index in [0.29, 0.717) is 6.42 Å². The van der Waals surface area contributed by atoms with Crippen LogP contribution >= 0.6 is 0 Å². The second kappa shape index (κ2) is 3.43. The Bertz CT molecular complexity index is 179. The van der Waals surface area contributed by atoms with Crippen molar-refractivity contribution < 1.29 is 37.5 Å². The Hall–Kier alpha value is 0.254. The number of hydrogen-bond donors (Lipinski definition) is 0. The van der Waals surface area contributed by atoms with Gasteiger partial charge in [0, 0.05) is 0 Å². The summed E-state index contributed by atoms with van der Waals surface area (Å²) in [6.07, 6.45) is 3.12. The summed E-state index contributed by atoms with van der Waals surface area (Å²) in [6, 6.07) is 0. The summed E-state index contributed by atoms with van der Waals surface area (Å²) < 4.78 is 0. The third kappa shape index (κ3) is 2.15. The number of ketones is 1. The normalized spacial score (nSPS) is 17.2. The first-order chi connectivity index (χ1) is 3.70. The standard InChI is InChI=1S/C7H7O.Y/c1-5-3-7(8)4-6(5)2;/h1,3H2,2H3;/q-1;+3. The van der Waals surface area contributed by atoms with Crippen molar-refractivity contribution in [3.05, 3.63) is 23.8 Å². The molecule has 0 spiro atoms. The third-order valence-electron chi connectivity index (χ3n) is 1.23. The zero-order chi connectivity index (χ0) is 6.15. The first-order valence-corrected chi connectivity index (χ1v) is 2.51. The maximum absolute atomic E-state index is 10.5. The van der Waals surface area contributed by atoms with Crippen molar-refractivity contribution in [3.8, 4) is 0 Å². The number of carbonyl (C=O) groups excluding carboxylic acids is 1. The molecule has 42 valence electrons. The summed E-state index contributed by atoms with van der Waals surface area (Å²) in [4.78, 5) is 10.5. The van der Waals surface area contributed by atoms with E-state index in [9.17, 15) is 4.79 Å². The van der Waals surface area contributed by atoms with E-state index < -0.39 is 0 Å². The second-order valence-electron chi connectivity index (χ2n) is 1.95. The van der Waals surface area contributed by atoms with Crippen LogP contribution in [0.1, 0.15) is 13.3 Å². The van der Waals surface area contributed by atoms with Crippen molar-refractivity contribution in [1.29, 1.82) is 0 Å². The Morgan fingerprint density at radius 1 is 1.67 bits per heavy atom. The van der Waals surface area contributed by atoms with Crippen molar-refractivity contribution >= 4 is 5.78 Å². The third-order valence-corrected chi connectivity index (χ3v) is 1.23. The Morgan fingerprint density at radius 2 is 2.22 bits per heavy atom. The fraction of sp³-hybridized carbons (Fsp3) is 0.286. The van der Waals surface area contributed by atoms with Crippen LogP contribution < -0.4 is 0 Å². The average Bonchev–Trinajstić information content (AvgIpc) is 1.85. The van der Waals surface area contributed by atoms with Crippen molar-refractivity contribution in [1.82, 2.24) is 0 Å². The van der Waals surface area contributed by atoms with Crippen molar-refractivity contribution in [2.45, 2.75) is 13.3 Å². The van der Waals surface area contributed by atoms with Gasteiger partial charge < -0.3 is 4.79 Å². The van der Waals surface area contributed by atoms with Gasteiger partial charge in [0.25, 0.3) is 0 Å². The van der Waals surface area contributed by atoms with E-state index in [2.05, 4.69) is 12.7 Å². The molecule has 0 unspecified atom stereocenters. The van der Waals surface area contributed by atoms with Crippen LogP contribution in [0.2, 0.25) is 0 Å². The number of allylic oxidation sites excluding steroid dienone is 3. The van der Waals surface area contributed by atoms with Crippen LogP contribution in [0, 0.1) is 6.08 Å². The molecule has 0 aromatic rings. The van der Waals surface area contributed by atoms with Gasteiger partial charge in [-0.3, -0.25) is 0 Å². The van der Waals surface area contributed by atoms with Gasteiger partial charge in [-0.2, -0.15) is 12.2 Å². The van der Waals surface area contributed by atoms with Crippen LogP contribution in [-0.4, -0.2) is 5.78 Å². The van der Waals surface area contributed by atoms with Crippen LogP contribution in [-0.2, 0) is 37.5 Å². The molecular formula is C7H7OY+2. The van der Waals surface area contributed by atoms with Gasteiger partial charge in [0.1, 0.15) is 0 Å². The Labute approximate surface area is 80.1 Å². The van der Waals surface area contributed by atoms with E-state index in [-0.39, 0.29) is 38.5 Å². The molecule has 0 saturated carbocycles. The minimum absolute atomic E-state index is 0. The quantitative estimate of drug-likeness (QED) is 0.533. The van der Waals surface area contributed by atoms with Gasteiger partial charge in [0.2, 0.25) is 0 Å². The Balaban J connectivity index is 0.000000640. The van der Waals surface area contributed by atoms with Crippen molar-refractivity contribution in [2.75, 3.05) is 0 Å². The molecule has 0 aliphatic heterocycles. The van der Waals surface area contributed by atoms with Crippen LogP contribution in [0.5, 0.6) is 0 Å². The number of rotatable bonds is 0. The molecule has 1 nitrogen and oxygen atoms in total. The predicted octanol–water partition coefficient (Wildman–Crippen LogP) is 1.26. The number of hydrogen-bond acceptors (Lipinski definition) is 1. The van der Waals surface area contributed by atoms with Crippen LogP contribution in [0.15, 0.2) is 17.7 Å². The molecule has 1 aliphatic carbocycles. The predicted molar refractivity (Wildman–Crippen MR) is 31.2 cm³/mol. The Morgan fingerprint density at radius 3 is 2.33 bits per heavy atom. The van der Waals surface area contributed by atoms with E-state index in [1.165, 1.54) is 0 Å². The fourth-order valence-electron chi connectivity index (χ4n) is 0.668. The minimum Gasteiger partial charge on any atom is -0.318 e. The van der Waals surface area contributed by atoms with Crippen molar-refractivity contribution in [3.63, 3.8) is 0 Å². The molecule has 9 heavy (non-hydrogen) atoms. The number of Topliss-reactive ketones (excluding diaryl/α,β-unsaturated/α-hetero) is 1. The van der Waals surface area contributed by atoms with E-state index in [1.54, 1.807) is 0 Å². The molecule has 0 bridgehead atoms. The first kappa shape index (κ1) is 9.25. The maximum Gasteiger partial charge on any atom is 3.00 e. The molecule has 0 N–H and O–H groups in total. The molecule has 0 radical (unpaired) electrons. The van der Waals surface area contributed by atoms with Gasteiger partial charge in [0.05, 0.1) is 5.78 Å². The van der Waals surface area contributed by atoms with E-state index in [4.69, 9.17) is 0 Å². The fourth-order valence-corrected chi connectivity index (χ4v) is 0.668. The van der Waals surface area contributed by atoms with Crippen LogP contribution in [0.25, 0.3) is 0 Å². The summed E-state index contributed by atoms with van der Waals surface area (Å²) >= 11 is 0. The summed E-state index contributed by atoms with van der Waals surface area (Å²) in [5, 5.41) is 0.